The number of alkyl halides is 2. The van der Waals surface area contributed by atoms with Gasteiger partial charge in [-0.1, -0.05) is 5.21 Å². The van der Waals surface area contributed by atoms with Crippen LogP contribution in [0.5, 0.6) is 0 Å². The summed E-state index contributed by atoms with van der Waals surface area (Å²) >= 11 is 0. The molecular formula is C9H13F2N3O3. The fourth-order valence-corrected chi connectivity index (χ4v) is 1.31. The molecule has 8 heteroatoms. The van der Waals surface area contributed by atoms with E-state index < -0.39 is 18.9 Å². The molecule has 0 unspecified atom stereocenters. The van der Waals surface area contributed by atoms with Gasteiger partial charge in [0.15, 0.2) is 5.69 Å². The quantitative estimate of drug-likeness (QED) is 0.687. The highest BCUT2D eigenvalue weighted by atomic mass is 19.3. The highest BCUT2D eigenvalue weighted by molar-refractivity contribution is 5.88. The highest BCUT2D eigenvalue weighted by Gasteiger charge is 2.21. The van der Waals surface area contributed by atoms with Crippen LogP contribution >= 0.6 is 0 Å². The Morgan fingerprint density at radius 1 is 1.47 bits per heavy atom. The van der Waals surface area contributed by atoms with Crippen LogP contribution in [0.2, 0.25) is 0 Å². The smallest absolute Gasteiger partial charge is 0.360 e. The molecule has 0 aliphatic rings. The molecule has 0 saturated heterocycles. The van der Waals surface area contributed by atoms with E-state index in [9.17, 15) is 13.6 Å². The Balaban J connectivity index is 2.97. The lowest BCUT2D eigenvalue weighted by Crippen LogP contribution is -2.15. The molecule has 0 fully saturated rings. The molecule has 1 aromatic heterocycles. The number of rotatable bonds is 6. The van der Waals surface area contributed by atoms with Crippen LogP contribution in [0.4, 0.5) is 8.78 Å². The zero-order valence-electron chi connectivity index (χ0n) is 9.52. The van der Waals surface area contributed by atoms with Gasteiger partial charge in [0.1, 0.15) is 6.54 Å². The average Bonchev–Trinajstić information content (AvgIpc) is 2.67. The summed E-state index contributed by atoms with van der Waals surface area (Å²) in [4.78, 5) is 11.3. The standard InChI is InChI=1S/C9H13F2N3O3/c1-16-4-3-6-8(9(15)17-2)12-13-14(6)5-7(10)11/h7H,3-5H2,1-2H3. The minimum absolute atomic E-state index is 0.0507. The molecule has 0 radical (unpaired) electrons. The second kappa shape index (κ2) is 6.24. The fourth-order valence-electron chi connectivity index (χ4n) is 1.31. The number of nitrogens with zero attached hydrogens (tertiary/aromatic N) is 3. The molecular weight excluding hydrogens is 236 g/mol. The molecule has 96 valence electrons. The lowest BCUT2D eigenvalue weighted by atomic mass is 10.2. The Bertz CT molecular complexity index is 382. The summed E-state index contributed by atoms with van der Waals surface area (Å²) in [5, 5.41) is 7.05. The normalized spacial score (nSPS) is 10.9. The third kappa shape index (κ3) is 3.45. The second-order valence-corrected chi connectivity index (χ2v) is 3.19. The first kappa shape index (κ1) is 13.5. The third-order valence-electron chi connectivity index (χ3n) is 2.07. The van der Waals surface area contributed by atoms with Crippen LogP contribution in [0, 0.1) is 0 Å². The second-order valence-electron chi connectivity index (χ2n) is 3.19. The summed E-state index contributed by atoms with van der Waals surface area (Å²) in [6.07, 6.45) is -2.30. The molecule has 1 aromatic rings. The Morgan fingerprint density at radius 3 is 2.71 bits per heavy atom. The van der Waals surface area contributed by atoms with Crippen molar-refractivity contribution in [2.45, 2.75) is 19.4 Å². The first-order valence-electron chi connectivity index (χ1n) is 4.88. The van der Waals surface area contributed by atoms with E-state index in [2.05, 4.69) is 15.0 Å². The summed E-state index contributed by atoms with van der Waals surface area (Å²) in [6, 6.07) is 0. The van der Waals surface area contributed by atoms with Crippen molar-refractivity contribution >= 4 is 5.97 Å². The summed E-state index contributed by atoms with van der Waals surface area (Å²) < 4.78 is 34.9. The van der Waals surface area contributed by atoms with Crippen molar-refractivity contribution in [3.63, 3.8) is 0 Å². The van der Waals surface area contributed by atoms with Gasteiger partial charge in [-0.3, -0.25) is 0 Å². The lowest BCUT2D eigenvalue weighted by Gasteiger charge is -2.06. The molecule has 1 heterocycles. The van der Waals surface area contributed by atoms with E-state index in [1.165, 1.54) is 14.2 Å². The van der Waals surface area contributed by atoms with Crippen LogP contribution in [0.1, 0.15) is 16.2 Å². The highest BCUT2D eigenvalue weighted by Crippen LogP contribution is 2.10. The van der Waals surface area contributed by atoms with E-state index in [0.717, 1.165) is 4.68 Å². The minimum Gasteiger partial charge on any atom is -0.464 e. The van der Waals surface area contributed by atoms with Gasteiger partial charge >= 0.3 is 5.97 Å². The van der Waals surface area contributed by atoms with Gasteiger partial charge < -0.3 is 9.47 Å². The number of hydrogen-bond acceptors (Lipinski definition) is 5. The third-order valence-corrected chi connectivity index (χ3v) is 2.07. The predicted molar refractivity (Wildman–Crippen MR) is 52.9 cm³/mol. The Hall–Kier alpha value is -1.57. The van der Waals surface area contributed by atoms with Gasteiger partial charge in [-0.15, -0.1) is 5.10 Å². The number of hydrogen-bond donors (Lipinski definition) is 0. The van der Waals surface area contributed by atoms with Crippen molar-refractivity contribution in [3.8, 4) is 0 Å². The van der Waals surface area contributed by atoms with Gasteiger partial charge in [0.05, 0.1) is 19.4 Å². The summed E-state index contributed by atoms with van der Waals surface area (Å²) in [5.74, 6) is -0.698. The van der Waals surface area contributed by atoms with Gasteiger partial charge in [-0.05, 0) is 0 Å². The fraction of sp³-hybridized carbons (Fsp3) is 0.667. The van der Waals surface area contributed by atoms with Gasteiger partial charge in [0, 0.05) is 13.5 Å². The molecule has 0 aromatic carbocycles. The minimum atomic E-state index is -2.57. The predicted octanol–water partition coefficient (Wildman–Crippen LogP) is 0.519. The van der Waals surface area contributed by atoms with Crippen molar-refractivity contribution in [2.75, 3.05) is 20.8 Å². The molecule has 0 bridgehead atoms. The number of methoxy groups -OCH3 is 2. The van der Waals surface area contributed by atoms with E-state index in [-0.39, 0.29) is 18.7 Å². The van der Waals surface area contributed by atoms with Crippen molar-refractivity contribution in [1.29, 1.82) is 0 Å². The number of ether oxygens (including phenoxy) is 2. The number of carbonyl (C=O) groups is 1. The van der Waals surface area contributed by atoms with Crippen LogP contribution in [0.15, 0.2) is 0 Å². The number of aromatic nitrogens is 3. The first-order valence-corrected chi connectivity index (χ1v) is 4.88. The largest absolute Gasteiger partial charge is 0.464 e. The number of esters is 1. The Labute approximate surface area is 96.5 Å². The van der Waals surface area contributed by atoms with Gasteiger partial charge in [0.2, 0.25) is 0 Å². The maximum Gasteiger partial charge on any atom is 0.360 e. The maximum absolute atomic E-state index is 12.3. The number of halogens is 2. The SMILES string of the molecule is COCCc1c(C(=O)OC)nnn1CC(F)F. The van der Waals surface area contributed by atoms with Crippen molar-refractivity contribution in [1.82, 2.24) is 15.0 Å². The summed E-state index contributed by atoms with van der Waals surface area (Å²) in [6.45, 7) is -0.330. The molecule has 0 aliphatic carbocycles. The average molecular weight is 249 g/mol. The summed E-state index contributed by atoms with van der Waals surface area (Å²) in [5.41, 5.74) is 0.240. The molecule has 0 saturated carbocycles. The molecule has 0 aliphatic heterocycles. The zero-order valence-corrected chi connectivity index (χ0v) is 9.52. The maximum atomic E-state index is 12.3. The van der Waals surface area contributed by atoms with Gasteiger partial charge in [0.25, 0.3) is 6.43 Å². The lowest BCUT2D eigenvalue weighted by molar-refractivity contribution is 0.0591. The molecule has 1 rings (SSSR count). The van der Waals surface area contributed by atoms with Crippen LogP contribution < -0.4 is 0 Å². The Morgan fingerprint density at radius 2 is 2.18 bits per heavy atom. The summed E-state index contributed by atoms with van der Waals surface area (Å²) in [7, 11) is 2.66. The van der Waals surface area contributed by atoms with Crippen molar-refractivity contribution in [2.24, 2.45) is 0 Å². The van der Waals surface area contributed by atoms with E-state index in [4.69, 9.17) is 4.74 Å². The van der Waals surface area contributed by atoms with E-state index in [0.29, 0.717) is 5.69 Å². The van der Waals surface area contributed by atoms with Crippen molar-refractivity contribution in [3.05, 3.63) is 11.4 Å². The van der Waals surface area contributed by atoms with Crippen LogP contribution in [0.3, 0.4) is 0 Å². The van der Waals surface area contributed by atoms with E-state index in [1.54, 1.807) is 0 Å². The first-order chi connectivity index (χ1) is 8.10. The van der Waals surface area contributed by atoms with Crippen LogP contribution in [-0.2, 0) is 22.4 Å². The number of carbonyl (C=O) groups excluding carboxylic acids is 1. The molecule has 0 spiro atoms. The Kier molecular flexibility index (Phi) is 4.95. The van der Waals surface area contributed by atoms with Crippen LogP contribution in [0.25, 0.3) is 0 Å². The molecule has 6 nitrogen and oxygen atoms in total. The van der Waals surface area contributed by atoms with Gasteiger partial charge in [-0.2, -0.15) is 0 Å². The molecule has 17 heavy (non-hydrogen) atoms. The van der Waals surface area contributed by atoms with Crippen molar-refractivity contribution < 1.29 is 23.0 Å². The molecule has 0 N–H and O–H groups in total. The van der Waals surface area contributed by atoms with Crippen LogP contribution in [-0.4, -0.2) is 48.2 Å². The molecule has 0 atom stereocenters. The van der Waals surface area contributed by atoms with E-state index in [1.807, 2.05) is 0 Å². The zero-order chi connectivity index (χ0) is 12.8. The topological polar surface area (TPSA) is 66.2 Å². The molecule has 0 amide bonds. The monoisotopic (exact) mass is 249 g/mol. The van der Waals surface area contributed by atoms with Gasteiger partial charge in [-0.25, -0.2) is 18.3 Å². The van der Waals surface area contributed by atoms with E-state index >= 15 is 0 Å².